The number of hydrogen-bond acceptors (Lipinski definition) is 4. The molecule has 78 valence electrons. The van der Waals surface area contributed by atoms with Crippen molar-refractivity contribution in [3.63, 3.8) is 0 Å². The van der Waals surface area contributed by atoms with Gasteiger partial charge in [-0.2, -0.15) is 0 Å². The van der Waals surface area contributed by atoms with Gasteiger partial charge in [0.05, 0.1) is 6.04 Å². The van der Waals surface area contributed by atoms with Crippen LogP contribution in [0.15, 0.2) is 0 Å². The minimum atomic E-state index is 0.0230. The van der Waals surface area contributed by atoms with Crippen molar-refractivity contribution in [1.82, 2.24) is 10.2 Å². The molecule has 1 aromatic heterocycles. The summed E-state index contributed by atoms with van der Waals surface area (Å²) in [5.41, 5.74) is 5.76. The first-order valence-corrected chi connectivity index (χ1v) is 6.09. The van der Waals surface area contributed by atoms with E-state index in [-0.39, 0.29) is 6.04 Å². The second kappa shape index (κ2) is 3.95. The molecule has 0 amide bonds. The van der Waals surface area contributed by atoms with Gasteiger partial charge in [0, 0.05) is 5.92 Å². The molecule has 1 aliphatic rings. The van der Waals surface area contributed by atoms with Crippen LogP contribution in [0.2, 0.25) is 0 Å². The molecule has 14 heavy (non-hydrogen) atoms. The summed E-state index contributed by atoms with van der Waals surface area (Å²) in [6, 6.07) is 0.0230. The summed E-state index contributed by atoms with van der Waals surface area (Å²) in [4.78, 5) is 0. The lowest BCUT2D eigenvalue weighted by atomic mass is 9.77. The van der Waals surface area contributed by atoms with Crippen molar-refractivity contribution in [2.75, 3.05) is 0 Å². The maximum absolute atomic E-state index is 5.76. The van der Waals surface area contributed by atoms with Gasteiger partial charge in [0.15, 0.2) is 0 Å². The monoisotopic (exact) mass is 211 g/mol. The summed E-state index contributed by atoms with van der Waals surface area (Å²) in [6.07, 6.45) is 4.09. The second-order valence-electron chi connectivity index (χ2n) is 4.25. The fraction of sp³-hybridized carbons (Fsp3) is 0.800. The zero-order chi connectivity index (χ0) is 10.1. The molecule has 1 aromatic rings. The minimum absolute atomic E-state index is 0.0230. The van der Waals surface area contributed by atoms with E-state index in [2.05, 4.69) is 17.1 Å². The highest BCUT2D eigenvalue weighted by Crippen LogP contribution is 2.39. The Morgan fingerprint density at radius 3 is 2.36 bits per heavy atom. The average Bonchev–Trinajstić information content (AvgIpc) is 2.48. The quantitative estimate of drug-likeness (QED) is 0.835. The lowest BCUT2D eigenvalue weighted by Crippen LogP contribution is -2.17. The third-order valence-corrected chi connectivity index (χ3v) is 4.42. The number of nitrogens with two attached hydrogens (primary N) is 1. The highest BCUT2D eigenvalue weighted by atomic mass is 32.1. The van der Waals surface area contributed by atoms with Crippen LogP contribution in [-0.4, -0.2) is 10.2 Å². The maximum atomic E-state index is 5.76. The number of nitrogens with zero attached hydrogens (tertiary/aromatic N) is 2. The van der Waals surface area contributed by atoms with Crippen LogP contribution < -0.4 is 5.73 Å². The van der Waals surface area contributed by atoms with Gasteiger partial charge in [-0.25, -0.2) is 0 Å². The zero-order valence-electron chi connectivity index (χ0n) is 8.73. The Morgan fingerprint density at radius 2 is 1.93 bits per heavy atom. The van der Waals surface area contributed by atoms with Crippen LogP contribution in [0.3, 0.4) is 0 Å². The molecule has 2 atom stereocenters. The van der Waals surface area contributed by atoms with E-state index in [4.69, 9.17) is 5.73 Å². The Hall–Kier alpha value is -0.480. The highest BCUT2D eigenvalue weighted by molar-refractivity contribution is 7.11. The van der Waals surface area contributed by atoms with Crippen molar-refractivity contribution >= 4 is 11.3 Å². The van der Waals surface area contributed by atoms with E-state index in [0.29, 0.717) is 5.92 Å². The van der Waals surface area contributed by atoms with Crippen LogP contribution in [0.1, 0.15) is 55.1 Å². The van der Waals surface area contributed by atoms with Crippen LogP contribution in [0.5, 0.6) is 0 Å². The van der Waals surface area contributed by atoms with E-state index in [1.54, 1.807) is 11.3 Å². The van der Waals surface area contributed by atoms with E-state index < -0.39 is 0 Å². The first kappa shape index (κ1) is 10.1. The van der Waals surface area contributed by atoms with Crippen molar-refractivity contribution < 1.29 is 0 Å². The predicted molar refractivity (Wildman–Crippen MR) is 58.3 cm³/mol. The average molecular weight is 211 g/mol. The molecule has 0 aromatic carbocycles. The minimum Gasteiger partial charge on any atom is -0.322 e. The molecule has 0 aliphatic heterocycles. The van der Waals surface area contributed by atoms with Gasteiger partial charge >= 0.3 is 0 Å². The molecule has 1 heterocycles. The summed E-state index contributed by atoms with van der Waals surface area (Å²) < 4.78 is 0. The molecule has 3 nitrogen and oxygen atoms in total. The van der Waals surface area contributed by atoms with Crippen LogP contribution in [0.25, 0.3) is 0 Å². The summed E-state index contributed by atoms with van der Waals surface area (Å²) in [5.74, 6) is 1.41. The van der Waals surface area contributed by atoms with Gasteiger partial charge in [0.1, 0.15) is 10.0 Å². The van der Waals surface area contributed by atoms with Crippen molar-refractivity contribution in [3.8, 4) is 0 Å². The van der Waals surface area contributed by atoms with Gasteiger partial charge in [0.2, 0.25) is 0 Å². The molecule has 0 radical (unpaired) electrons. The molecular formula is C10H17N3S. The van der Waals surface area contributed by atoms with Crippen molar-refractivity contribution in [2.24, 2.45) is 11.7 Å². The van der Waals surface area contributed by atoms with E-state index >= 15 is 0 Å². The Balaban J connectivity index is 2.07. The van der Waals surface area contributed by atoms with Crippen LogP contribution in [-0.2, 0) is 0 Å². The summed E-state index contributed by atoms with van der Waals surface area (Å²) in [6.45, 7) is 4.22. The molecule has 0 spiro atoms. The fourth-order valence-electron chi connectivity index (χ4n) is 1.76. The van der Waals surface area contributed by atoms with E-state index in [0.717, 1.165) is 10.9 Å². The maximum Gasteiger partial charge on any atom is 0.133 e. The molecule has 0 bridgehead atoms. The lowest BCUT2D eigenvalue weighted by molar-refractivity contribution is 0.271. The topological polar surface area (TPSA) is 51.8 Å². The van der Waals surface area contributed by atoms with Gasteiger partial charge in [-0.05, 0) is 25.7 Å². The van der Waals surface area contributed by atoms with Gasteiger partial charge in [-0.3, -0.25) is 0 Å². The smallest absolute Gasteiger partial charge is 0.133 e. The predicted octanol–water partition coefficient (Wildman–Crippen LogP) is 2.46. The van der Waals surface area contributed by atoms with Crippen molar-refractivity contribution in [1.29, 1.82) is 0 Å². The standard InChI is InChI=1S/C10H17N3S/c1-6(8-4-3-5-8)9-12-13-10(14-9)7(2)11/h6-8H,3-5,11H2,1-2H3. The third-order valence-electron chi connectivity index (χ3n) is 3.09. The zero-order valence-corrected chi connectivity index (χ0v) is 9.55. The van der Waals surface area contributed by atoms with Gasteiger partial charge in [-0.15, -0.1) is 10.2 Å². The van der Waals surface area contributed by atoms with Crippen LogP contribution in [0, 0.1) is 5.92 Å². The highest BCUT2D eigenvalue weighted by Gasteiger charge is 2.27. The van der Waals surface area contributed by atoms with Crippen molar-refractivity contribution in [2.45, 2.75) is 45.1 Å². The van der Waals surface area contributed by atoms with E-state index in [1.807, 2.05) is 6.92 Å². The van der Waals surface area contributed by atoms with Crippen LogP contribution >= 0.6 is 11.3 Å². The Kier molecular flexibility index (Phi) is 2.83. The lowest BCUT2D eigenvalue weighted by Gasteiger charge is -2.29. The van der Waals surface area contributed by atoms with Gasteiger partial charge < -0.3 is 5.73 Å². The van der Waals surface area contributed by atoms with Gasteiger partial charge in [-0.1, -0.05) is 24.7 Å². The molecule has 1 saturated carbocycles. The molecule has 2 unspecified atom stereocenters. The molecule has 2 rings (SSSR count). The van der Waals surface area contributed by atoms with Crippen LogP contribution in [0.4, 0.5) is 0 Å². The summed E-state index contributed by atoms with van der Waals surface area (Å²) in [5, 5.41) is 10.5. The molecule has 1 aliphatic carbocycles. The largest absolute Gasteiger partial charge is 0.322 e. The molecule has 4 heteroatoms. The summed E-state index contributed by atoms with van der Waals surface area (Å²) in [7, 11) is 0. The molecule has 0 saturated heterocycles. The second-order valence-corrected chi connectivity index (χ2v) is 5.29. The molecule has 1 fully saturated rings. The number of hydrogen-bond donors (Lipinski definition) is 1. The van der Waals surface area contributed by atoms with E-state index in [1.165, 1.54) is 24.3 Å². The molecular weight excluding hydrogens is 194 g/mol. The third kappa shape index (κ3) is 1.81. The Morgan fingerprint density at radius 1 is 1.29 bits per heavy atom. The van der Waals surface area contributed by atoms with E-state index in [9.17, 15) is 0 Å². The molecule has 2 N–H and O–H groups in total. The fourth-order valence-corrected chi connectivity index (χ4v) is 2.70. The SMILES string of the molecule is CC(N)c1nnc(C(C)C2CCC2)s1. The summed E-state index contributed by atoms with van der Waals surface area (Å²) >= 11 is 1.68. The van der Waals surface area contributed by atoms with Crippen molar-refractivity contribution in [3.05, 3.63) is 10.0 Å². The first-order chi connectivity index (χ1) is 6.68. The Labute approximate surface area is 88.7 Å². The Bertz CT molecular complexity index is 304. The van der Waals surface area contributed by atoms with Gasteiger partial charge in [0.25, 0.3) is 0 Å². The normalized spacial score (nSPS) is 21.6. The number of rotatable bonds is 3. The number of aromatic nitrogens is 2. The first-order valence-electron chi connectivity index (χ1n) is 5.27.